The first-order valence-electron chi connectivity index (χ1n) is 14.8. The maximum Gasteiger partial charge on any atom is 0.247 e. The van der Waals surface area contributed by atoms with Crippen molar-refractivity contribution in [1.82, 2.24) is 15.0 Å². The van der Waals surface area contributed by atoms with Crippen molar-refractivity contribution in [1.29, 1.82) is 0 Å². The van der Waals surface area contributed by atoms with E-state index in [-0.39, 0.29) is 29.5 Å². The number of carbonyl (C=O) groups excluding carboxylic acids is 1. The van der Waals surface area contributed by atoms with Crippen LogP contribution in [0, 0.1) is 11.8 Å². The fourth-order valence-electron chi connectivity index (χ4n) is 6.74. The lowest BCUT2D eigenvalue weighted by atomic mass is 9.88. The molecule has 2 aromatic heterocycles. The van der Waals surface area contributed by atoms with Crippen LogP contribution in [0.1, 0.15) is 38.7 Å². The Morgan fingerprint density at radius 3 is 2.72 bits per heavy atom. The maximum absolute atomic E-state index is 12.5. The number of fused-ring (bicyclic) bond motifs is 2. The van der Waals surface area contributed by atoms with Gasteiger partial charge in [0, 0.05) is 66.4 Å². The lowest BCUT2D eigenvalue weighted by molar-refractivity contribution is -0.111. The third kappa shape index (κ3) is 5.77. The van der Waals surface area contributed by atoms with Crippen molar-refractivity contribution in [2.45, 2.75) is 45.2 Å². The van der Waals surface area contributed by atoms with Crippen molar-refractivity contribution in [3.8, 4) is 0 Å². The minimum atomic E-state index is -3.09. The van der Waals surface area contributed by atoms with Crippen molar-refractivity contribution in [3.63, 3.8) is 0 Å². The molecule has 3 saturated heterocycles. The van der Waals surface area contributed by atoms with Crippen LogP contribution in [0.25, 0.3) is 10.8 Å². The molecule has 12 heteroatoms. The molecule has 3 aliphatic heterocycles. The average Bonchev–Trinajstić information content (AvgIpc) is 3.58. The summed E-state index contributed by atoms with van der Waals surface area (Å²) in [4.78, 5) is 31.0. The van der Waals surface area contributed by atoms with Crippen LogP contribution < -0.4 is 20.4 Å². The van der Waals surface area contributed by atoms with Crippen molar-refractivity contribution < 1.29 is 17.9 Å². The molecule has 43 heavy (non-hydrogen) atoms. The van der Waals surface area contributed by atoms with E-state index in [1.807, 2.05) is 31.3 Å². The van der Waals surface area contributed by atoms with Crippen molar-refractivity contribution >= 4 is 55.5 Å². The molecule has 2 N–H and O–H groups in total. The molecular weight excluding hydrogens is 566 g/mol. The van der Waals surface area contributed by atoms with Gasteiger partial charge in [-0.2, -0.15) is 4.98 Å². The first kappa shape index (κ1) is 29.3. The van der Waals surface area contributed by atoms with Gasteiger partial charge < -0.3 is 25.2 Å². The second-order valence-electron chi connectivity index (χ2n) is 12.3. The predicted octanol–water partition coefficient (Wildman–Crippen LogP) is 4.11. The van der Waals surface area contributed by atoms with Crippen molar-refractivity contribution in [2.75, 3.05) is 58.7 Å². The van der Waals surface area contributed by atoms with Gasteiger partial charge in [-0.15, -0.1) is 0 Å². The summed E-state index contributed by atoms with van der Waals surface area (Å²) in [6.45, 7) is 12.9. The molecule has 0 aliphatic carbocycles. The van der Waals surface area contributed by atoms with E-state index >= 15 is 0 Å². The number of anilines is 5. The number of nitrogens with one attached hydrogen (secondary N) is 2. The second kappa shape index (κ2) is 11.4. The van der Waals surface area contributed by atoms with Crippen molar-refractivity contribution in [3.05, 3.63) is 48.8 Å². The summed E-state index contributed by atoms with van der Waals surface area (Å²) < 4.78 is 29.7. The van der Waals surface area contributed by atoms with E-state index in [0.29, 0.717) is 48.4 Å². The zero-order chi connectivity index (χ0) is 30.5. The summed E-state index contributed by atoms with van der Waals surface area (Å²) in [6, 6.07) is 6.13. The molecule has 0 radical (unpaired) electrons. The number of amides is 1. The lowest BCUT2D eigenvalue weighted by Gasteiger charge is -2.48. The van der Waals surface area contributed by atoms with Crippen LogP contribution >= 0.6 is 0 Å². The SMILES string of the molecule is C=CC(=O)Nc1cc(N2C[C@H](CS(C)(=O)=O)[C@H]2C)c2cnc(Nc3ccnc(N4CCC5COCC54)n3)cc2c1C(C)C. The molecular formula is C31H39N7O4S. The summed E-state index contributed by atoms with van der Waals surface area (Å²) >= 11 is 0. The van der Waals surface area contributed by atoms with Gasteiger partial charge in [-0.25, -0.2) is 18.4 Å². The molecule has 0 spiro atoms. The zero-order valence-corrected chi connectivity index (χ0v) is 25.9. The van der Waals surface area contributed by atoms with Gasteiger partial charge in [-0.05, 0) is 54.5 Å². The molecule has 1 amide bonds. The van der Waals surface area contributed by atoms with Crippen LogP contribution in [0.2, 0.25) is 0 Å². The molecule has 0 bridgehead atoms. The van der Waals surface area contributed by atoms with Gasteiger partial charge in [0.15, 0.2) is 0 Å². The molecule has 3 fully saturated rings. The van der Waals surface area contributed by atoms with Gasteiger partial charge in [0.1, 0.15) is 21.5 Å². The van der Waals surface area contributed by atoms with Crippen LogP contribution in [0.4, 0.5) is 29.0 Å². The number of carbonyl (C=O) groups is 1. The molecule has 1 aromatic carbocycles. The molecule has 11 nitrogen and oxygen atoms in total. The molecule has 5 heterocycles. The second-order valence-corrected chi connectivity index (χ2v) is 14.5. The summed E-state index contributed by atoms with van der Waals surface area (Å²) in [5.41, 5.74) is 2.58. The normalized spacial score (nSPS) is 23.4. The molecule has 3 aliphatic rings. The summed E-state index contributed by atoms with van der Waals surface area (Å²) in [5.74, 6) is 2.43. The fraction of sp³-hybridized carbons (Fsp3) is 0.484. The Bertz CT molecular complexity index is 1680. The van der Waals surface area contributed by atoms with E-state index in [1.54, 1.807) is 6.20 Å². The van der Waals surface area contributed by atoms with E-state index in [2.05, 4.69) is 45.8 Å². The highest BCUT2D eigenvalue weighted by Gasteiger charge is 2.40. The number of hydrogen-bond acceptors (Lipinski definition) is 10. The van der Waals surface area contributed by atoms with E-state index in [0.717, 1.165) is 41.6 Å². The smallest absolute Gasteiger partial charge is 0.247 e. The Kier molecular flexibility index (Phi) is 7.76. The maximum atomic E-state index is 12.5. The summed E-state index contributed by atoms with van der Waals surface area (Å²) in [5, 5.41) is 8.26. The minimum absolute atomic E-state index is 0.0125. The van der Waals surface area contributed by atoms with Crippen LogP contribution in [0.5, 0.6) is 0 Å². The first-order chi connectivity index (χ1) is 20.5. The Labute approximate surface area is 252 Å². The molecule has 2 unspecified atom stereocenters. The topological polar surface area (TPSA) is 130 Å². The first-order valence-corrected chi connectivity index (χ1v) is 16.9. The molecule has 6 rings (SSSR count). The molecule has 3 aromatic rings. The molecule has 228 valence electrons. The number of benzene rings is 1. The number of ether oxygens (including phenoxy) is 1. The van der Waals surface area contributed by atoms with Gasteiger partial charge in [0.25, 0.3) is 0 Å². The number of pyridine rings is 1. The van der Waals surface area contributed by atoms with E-state index in [1.165, 1.54) is 12.3 Å². The van der Waals surface area contributed by atoms with Crippen LogP contribution in [-0.4, -0.2) is 79.7 Å². The third-order valence-electron chi connectivity index (χ3n) is 8.95. The standard InChI is InChI=1S/C31H39N7O4S/c1-6-29(39)34-24-12-25(38-14-21(19(38)4)17-43(5,40)41)23-13-33-28(11-22(23)30(24)18(2)3)35-27-7-9-32-31(36-27)37-10-8-20-15-42-16-26(20)37/h6-7,9,11-13,18-21,26H,1,8,10,14-17H2,2-5H3,(H,34,39)(H,32,33,35,36)/t19-,20?,21-,26?/m1/s1. The number of hydrogen-bond donors (Lipinski definition) is 2. The molecule has 0 saturated carbocycles. The Balaban J connectivity index is 1.37. The Morgan fingerprint density at radius 1 is 1.19 bits per heavy atom. The van der Waals surface area contributed by atoms with Gasteiger partial charge in [0.05, 0.1) is 25.0 Å². The van der Waals surface area contributed by atoms with Gasteiger partial charge in [-0.3, -0.25) is 4.79 Å². The van der Waals surface area contributed by atoms with E-state index in [9.17, 15) is 13.2 Å². The average molecular weight is 606 g/mol. The van der Waals surface area contributed by atoms with Crippen LogP contribution in [0.3, 0.4) is 0 Å². The lowest BCUT2D eigenvalue weighted by Crippen LogP contribution is -2.57. The number of rotatable bonds is 9. The number of sulfone groups is 1. The monoisotopic (exact) mass is 605 g/mol. The van der Waals surface area contributed by atoms with E-state index in [4.69, 9.17) is 14.7 Å². The largest absolute Gasteiger partial charge is 0.379 e. The summed E-state index contributed by atoms with van der Waals surface area (Å²) in [6.07, 6.45) is 7.22. The highest BCUT2D eigenvalue weighted by molar-refractivity contribution is 7.90. The van der Waals surface area contributed by atoms with E-state index < -0.39 is 9.84 Å². The highest BCUT2D eigenvalue weighted by Crippen LogP contribution is 2.43. The Hall–Kier alpha value is -3.77. The fourth-order valence-corrected chi connectivity index (χ4v) is 7.90. The predicted molar refractivity (Wildman–Crippen MR) is 170 cm³/mol. The Morgan fingerprint density at radius 2 is 2.00 bits per heavy atom. The highest BCUT2D eigenvalue weighted by atomic mass is 32.2. The minimum Gasteiger partial charge on any atom is -0.379 e. The number of nitrogens with zero attached hydrogens (tertiary/aromatic N) is 5. The van der Waals surface area contributed by atoms with Gasteiger partial charge in [-0.1, -0.05) is 20.4 Å². The van der Waals surface area contributed by atoms with Crippen LogP contribution in [0.15, 0.2) is 43.2 Å². The molecule has 4 atom stereocenters. The zero-order valence-electron chi connectivity index (χ0n) is 25.1. The summed E-state index contributed by atoms with van der Waals surface area (Å²) in [7, 11) is -3.09. The quantitative estimate of drug-likeness (QED) is 0.344. The number of aromatic nitrogens is 3. The van der Waals surface area contributed by atoms with Gasteiger partial charge >= 0.3 is 0 Å². The van der Waals surface area contributed by atoms with Crippen LogP contribution in [-0.2, 0) is 19.4 Å². The van der Waals surface area contributed by atoms with Gasteiger partial charge in [0.2, 0.25) is 11.9 Å². The van der Waals surface area contributed by atoms with Crippen molar-refractivity contribution in [2.24, 2.45) is 11.8 Å². The third-order valence-corrected chi connectivity index (χ3v) is 9.99.